The van der Waals surface area contributed by atoms with Crippen LogP contribution in [-0.2, 0) is 0 Å². The Labute approximate surface area is 113 Å². The molecular weight excluding hydrogens is 246 g/mol. The van der Waals surface area contributed by atoms with Gasteiger partial charge in [0, 0.05) is 18.7 Å². The van der Waals surface area contributed by atoms with Crippen molar-refractivity contribution in [2.24, 2.45) is 0 Å². The zero-order valence-electron chi connectivity index (χ0n) is 11.7. The van der Waals surface area contributed by atoms with Gasteiger partial charge in [0.05, 0.1) is 20.8 Å². The lowest BCUT2D eigenvalue weighted by atomic mass is 10.1. The predicted octanol–water partition coefficient (Wildman–Crippen LogP) is 1.55. The Kier molecular flexibility index (Phi) is 6.15. The second-order valence-corrected chi connectivity index (χ2v) is 4.09. The van der Waals surface area contributed by atoms with E-state index in [2.05, 4.69) is 0 Å². The molecule has 5 heteroatoms. The first kappa shape index (κ1) is 15.3. The highest BCUT2D eigenvalue weighted by Crippen LogP contribution is 2.28. The van der Waals surface area contributed by atoms with Crippen LogP contribution >= 0.6 is 0 Å². The van der Waals surface area contributed by atoms with Gasteiger partial charge in [-0.1, -0.05) is 6.92 Å². The third-order valence-electron chi connectivity index (χ3n) is 2.78. The summed E-state index contributed by atoms with van der Waals surface area (Å²) in [5.41, 5.74) is 0.527. The second kappa shape index (κ2) is 7.63. The van der Waals surface area contributed by atoms with Gasteiger partial charge in [-0.2, -0.15) is 0 Å². The number of amides is 1. The molecule has 0 unspecified atom stereocenters. The second-order valence-electron chi connectivity index (χ2n) is 4.09. The minimum atomic E-state index is -0.114. The Bertz CT molecular complexity index is 414. The number of carbonyl (C=O) groups excluding carboxylic acids is 1. The van der Waals surface area contributed by atoms with E-state index in [0.29, 0.717) is 30.2 Å². The van der Waals surface area contributed by atoms with Gasteiger partial charge in [0.25, 0.3) is 5.91 Å². The van der Waals surface area contributed by atoms with E-state index in [-0.39, 0.29) is 12.5 Å². The van der Waals surface area contributed by atoms with E-state index in [1.165, 1.54) is 7.11 Å². The lowest BCUT2D eigenvalue weighted by molar-refractivity contribution is 0.0721. The summed E-state index contributed by atoms with van der Waals surface area (Å²) in [6.07, 6.45) is 0.846. The zero-order chi connectivity index (χ0) is 14.3. The predicted molar refractivity (Wildman–Crippen MR) is 72.8 cm³/mol. The zero-order valence-corrected chi connectivity index (χ0v) is 11.7. The first-order chi connectivity index (χ1) is 9.17. The van der Waals surface area contributed by atoms with Crippen LogP contribution in [0.25, 0.3) is 0 Å². The number of aliphatic hydroxyl groups is 1. The van der Waals surface area contributed by atoms with Gasteiger partial charge in [-0.25, -0.2) is 0 Å². The van der Waals surface area contributed by atoms with Crippen molar-refractivity contribution in [1.29, 1.82) is 0 Å². The molecular formula is C14H21NO4. The molecule has 1 aromatic carbocycles. The lowest BCUT2D eigenvalue weighted by Crippen LogP contribution is -2.34. The molecule has 0 saturated carbocycles. The molecule has 0 heterocycles. The molecule has 1 aromatic rings. The molecule has 0 bridgehead atoms. The van der Waals surface area contributed by atoms with Crippen LogP contribution in [0.1, 0.15) is 23.7 Å². The van der Waals surface area contributed by atoms with E-state index in [1.54, 1.807) is 30.2 Å². The number of carbonyl (C=O) groups is 1. The topological polar surface area (TPSA) is 59.0 Å². The smallest absolute Gasteiger partial charge is 0.254 e. The van der Waals surface area contributed by atoms with Crippen LogP contribution in [0.15, 0.2) is 18.2 Å². The van der Waals surface area contributed by atoms with Crippen molar-refractivity contribution in [3.63, 3.8) is 0 Å². The van der Waals surface area contributed by atoms with Gasteiger partial charge in [0.1, 0.15) is 0 Å². The Morgan fingerprint density at radius 2 is 1.89 bits per heavy atom. The first-order valence-electron chi connectivity index (χ1n) is 6.30. The highest BCUT2D eigenvalue weighted by molar-refractivity contribution is 5.95. The van der Waals surface area contributed by atoms with Gasteiger partial charge in [0.2, 0.25) is 0 Å². The molecule has 0 spiro atoms. The molecule has 0 radical (unpaired) electrons. The van der Waals surface area contributed by atoms with Gasteiger partial charge in [-0.3, -0.25) is 4.79 Å². The van der Waals surface area contributed by atoms with Crippen molar-refractivity contribution in [3.8, 4) is 11.5 Å². The molecule has 0 fully saturated rings. The summed E-state index contributed by atoms with van der Waals surface area (Å²) in [5, 5.41) is 9.00. The minimum Gasteiger partial charge on any atom is -0.493 e. The van der Waals surface area contributed by atoms with E-state index in [4.69, 9.17) is 14.6 Å². The highest BCUT2D eigenvalue weighted by atomic mass is 16.5. The Morgan fingerprint density at radius 3 is 2.42 bits per heavy atom. The molecule has 0 saturated heterocycles. The fourth-order valence-corrected chi connectivity index (χ4v) is 1.86. The van der Waals surface area contributed by atoms with Gasteiger partial charge in [0.15, 0.2) is 11.5 Å². The SMILES string of the molecule is CCCN(CCO)C(=O)c1ccc(OC)c(OC)c1. The third-order valence-corrected chi connectivity index (χ3v) is 2.78. The van der Waals surface area contributed by atoms with Crippen LogP contribution in [0.5, 0.6) is 11.5 Å². The molecule has 1 rings (SSSR count). The van der Waals surface area contributed by atoms with Crippen LogP contribution < -0.4 is 9.47 Å². The molecule has 1 N–H and O–H groups in total. The maximum absolute atomic E-state index is 12.3. The summed E-state index contributed by atoms with van der Waals surface area (Å²) >= 11 is 0. The van der Waals surface area contributed by atoms with Crippen molar-refractivity contribution >= 4 is 5.91 Å². The summed E-state index contributed by atoms with van der Waals surface area (Å²) in [4.78, 5) is 13.9. The van der Waals surface area contributed by atoms with Crippen LogP contribution in [0.3, 0.4) is 0 Å². The molecule has 0 aliphatic heterocycles. The number of hydrogen-bond acceptors (Lipinski definition) is 4. The molecule has 1 amide bonds. The van der Waals surface area contributed by atoms with Crippen molar-refractivity contribution in [2.75, 3.05) is 33.9 Å². The van der Waals surface area contributed by atoms with Crippen molar-refractivity contribution in [2.45, 2.75) is 13.3 Å². The molecule has 0 aliphatic rings. The highest BCUT2D eigenvalue weighted by Gasteiger charge is 2.16. The van der Waals surface area contributed by atoms with Crippen LogP contribution in [0.4, 0.5) is 0 Å². The summed E-state index contributed by atoms with van der Waals surface area (Å²) in [7, 11) is 3.08. The van der Waals surface area contributed by atoms with Gasteiger partial charge >= 0.3 is 0 Å². The van der Waals surface area contributed by atoms with Crippen molar-refractivity contribution < 1.29 is 19.4 Å². The molecule has 0 atom stereocenters. The number of benzene rings is 1. The van der Waals surface area contributed by atoms with Crippen molar-refractivity contribution in [3.05, 3.63) is 23.8 Å². The van der Waals surface area contributed by atoms with Crippen LogP contribution in [-0.4, -0.2) is 49.8 Å². The molecule has 106 valence electrons. The van der Waals surface area contributed by atoms with Gasteiger partial charge in [-0.15, -0.1) is 0 Å². The van der Waals surface area contributed by atoms with Crippen LogP contribution in [0, 0.1) is 0 Å². The normalized spacial score (nSPS) is 10.1. The van der Waals surface area contributed by atoms with E-state index < -0.39 is 0 Å². The van der Waals surface area contributed by atoms with E-state index >= 15 is 0 Å². The maximum atomic E-state index is 12.3. The fourth-order valence-electron chi connectivity index (χ4n) is 1.86. The number of hydrogen-bond donors (Lipinski definition) is 1. The molecule has 19 heavy (non-hydrogen) atoms. The minimum absolute atomic E-state index is 0.0426. The quantitative estimate of drug-likeness (QED) is 0.814. The average Bonchev–Trinajstić information content (AvgIpc) is 2.45. The number of methoxy groups -OCH3 is 2. The largest absolute Gasteiger partial charge is 0.493 e. The number of rotatable bonds is 7. The molecule has 5 nitrogen and oxygen atoms in total. The fraction of sp³-hybridized carbons (Fsp3) is 0.500. The van der Waals surface area contributed by atoms with Gasteiger partial charge < -0.3 is 19.5 Å². The van der Waals surface area contributed by atoms with Gasteiger partial charge in [-0.05, 0) is 24.6 Å². The summed E-state index contributed by atoms with van der Waals surface area (Å²) in [5.74, 6) is 0.994. The summed E-state index contributed by atoms with van der Waals surface area (Å²) < 4.78 is 10.3. The van der Waals surface area contributed by atoms with E-state index in [1.807, 2.05) is 6.92 Å². The standard InChI is InChI=1S/C14H21NO4/c1-4-7-15(8-9-16)14(17)11-5-6-12(18-2)13(10-11)19-3/h5-6,10,16H,4,7-9H2,1-3H3. The maximum Gasteiger partial charge on any atom is 0.254 e. The van der Waals surface area contributed by atoms with E-state index in [9.17, 15) is 4.79 Å². The average molecular weight is 267 g/mol. The number of nitrogens with zero attached hydrogens (tertiary/aromatic N) is 1. The number of aliphatic hydroxyl groups excluding tert-OH is 1. The molecule has 0 aliphatic carbocycles. The van der Waals surface area contributed by atoms with Crippen molar-refractivity contribution in [1.82, 2.24) is 4.90 Å². The Morgan fingerprint density at radius 1 is 1.21 bits per heavy atom. The monoisotopic (exact) mass is 267 g/mol. The number of ether oxygens (including phenoxy) is 2. The Balaban J connectivity index is 2.97. The summed E-state index contributed by atoms with van der Waals surface area (Å²) in [6.45, 7) is 2.90. The van der Waals surface area contributed by atoms with Crippen LogP contribution in [0.2, 0.25) is 0 Å². The Hall–Kier alpha value is -1.75. The summed E-state index contributed by atoms with van der Waals surface area (Å²) in [6, 6.07) is 5.06. The first-order valence-corrected chi connectivity index (χ1v) is 6.30. The van der Waals surface area contributed by atoms with E-state index in [0.717, 1.165) is 6.42 Å². The lowest BCUT2D eigenvalue weighted by Gasteiger charge is -2.21. The molecule has 0 aromatic heterocycles. The third kappa shape index (κ3) is 3.86.